The van der Waals surface area contributed by atoms with Crippen molar-refractivity contribution in [3.8, 4) is 0 Å². The van der Waals surface area contributed by atoms with Crippen LogP contribution in [0.5, 0.6) is 0 Å². The van der Waals surface area contributed by atoms with Crippen LogP contribution >= 0.6 is 0 Å². The van der Waals surface area contributed by atoms with Crippen molar-refractivity contribution < 1.29 is 0 Å². The summed E-state index contributed by atoms with van der Waals surface area (Å²) in [6.45, 7) is 5.23. The molecule has 0 fully saturated rings. The van der Waals surface area contributed by atoms with Gasteiger partial charge in [0.25, 0.3) is 0 Å². The maximum atomic E-state index is 3.95. The van der Waals surface area contributed by atoms with Crippen molar-refractivity contribution in [2.45, 2.75) is 6.92 Å². The fourth-order valence-corrected chi connectivity index (χ4v) is 0.714. The molecule has 1 rings (SSSR count). The fourth-order valence-electron chi connectivity index (χ4n) is 0.714. The van der Waals surface area contributed by atoms with Crippen LogP contribution in [-0.4, -0.2) is 17.9 Å². The average molecular weight is 147 g/mol. The Labute approximate surface area is 65.5 Å². The topological polar surface area (TPSA) is 37.6 Å². The first-order valence-electron chi connectivity index (χ1n) is 3.24. The third kappa shape index (κ3) is 1.97. The monoisotopic (exact) mass is 147 g/mol. The van der Waals surface area contributed by atoms with Crippen LogP contribution in [0.1, 0.15) is 11.1 Å². The van der Waals surface area contributed by atoms with Gasteiger partial charge in [0.15, 0.2) is 0 Å². The molecule has 0 aliphatic carbocycles. The van der Waals surface area contributed by atoms with Gasteiger partial charge in [-0.05, 0) is 18.6 Å². The van der Waals surface area contributed by atoms with E-state index in [0.717, 1.165) is 11.1 Å². The third-order valence-electron chi connectivity index (χ3n) is 1.36. The van der Waals surface area contributed by atoms with Crippen molar-refractivity contribution in [3.63, 3.8) is 0 Å². The molecule has 0 radical (unpaired) electrons. The molecule has 3 nitrogen and oxygen atoms in total. The molecular formula is C8H9N3. The lowest BCUT2D eigenvalue weighted by Crippen LogP contribution is -1.86. The molecule has 0 saturated carbocycles. The Morgan fingerprint density at radius 1 is 1.64 bits per heavy atom. The van der Waals surface area contributed by atoms with Crippen molar-refractivity contribution in [2.75, 3.05) is 0 Å². The smallest absolute Gasteiger partial charge is 0.0585 e. The normalized spacial score (nSPS) is 10.3. The predicted octanol–water partition coefficient (Wildman–Crippen LogP) is 1.42. The molecule has 0 N–H and O–H groups in total. The van der Waals surface area contributed by atoms with E-state index in [1.165, 1.54) is 0 Å². The van der Waals surface area contributed by atoms with E-state index in [0.29, 0.717) is 0 Å². The lowest BCUT2D eigenvalue weighted by atomic mass is 10.2. The summed E-state index contributed by atoms with van der Waals surface area (Å²) in [6, 6.07) is 1.92. The number of rotatable bonds is 2. The number of pyridine rings is 1. The molecule has 1 aromatic rings. The van der Waals surface area contributed by atoms with Crippen molar-refractivity contribution >= 4 is 12.9 Å². The standard InChI is InChI=1S/C8H9N3/c1-7-3-4-10-5-8(7)6-11-9-2/h3-6H,2H2,1H3/b11-6-. The van der Waals surface area contributed by atoms with Crippen LogP contribution in [0.4, 0.5) is 0 Å². The minimum absolute atomic E-state index is 0.972. The van der Waals surface area contributed by atoms with Gasteiger partial charge in [0, 0.05) is 24.7 Å². The summed E-state index contributed by atoms with van der Waals surface area (Å²) in [5.41, 5.74) is 2.10. The maximum absolute atomic E-state index is 3.95. The van der Waals surface area contributed by atoms with Gasteiger partial charge in [-0.1, -0.05) is 0 Å². The molecular weight excluding hydrogens is 138 g/mol. The van der Waals surface area contributed by atoms with Crippen molar-refractivity contribution in [3.05, 3.63) is 29.6 Å². The van der Waals surface area contributed by atoms with Gasteiger partial charge in [0.05, 0.1) is 6.21 Å². The van der Waals surface area contributed by atoms with Crippen LogP contribution in [0, 0.1) is 6.92 Å². The fraction of sp³-hybridized carbons (Fsp3) is 0.125. The molecule has 0 aliphatic heterocycles. The highest BCUT2D eigenvalue weighted by Gasteiger charge is 1.90. The van der Waals surface area contributed by atoms with E-state index in [9.17, 15) is 0 Å². The summed E-state index contributed by atoms with van der Waals surface area (Å²) in [4.78, 5) is 3.95. The lowest BCUT2D eigenvalue weighted by molar-refractivity contribution is 1.24. The number of aromatic nitrogens is 1. The van der Waals surface area contributed by atoms with Crippen molar-refractivity contribution in [1.29, 1.82) is 0 Å². The van der Waals surface area contributed by atoms with E-state index in [1.54, 1.807) is 18.6 Å². The van der Waals surface area contributed by atoms with E-state index < -0.39 is 0 Å². The Hall–Kier alpha value is -1.51. The summed E-state index contributed by atoms with van der Waals surface area (Å²) < 4.78 is 0. The molecule has 56 valence electrons. The molecule has 3 heteroatoms. The van der Waals surface area contributed by atoms with Gasteiger partial charge >= 0.3 is 0 Å². The van der Waals surface area contributed by atoms with E-state index in [-0.39, 0.29) is 0 Å². The molecule has 0 aliphatic rings. The lowest BCUT2D eigenvalue weighted by Gasteiger charge is -1.94. The Bertz CT molecular complexity index is 278. The first-order valence-corrected chi connectivity index (χ1v) is 3.24. The number of aryl methyl sites for hydroxylation is 1. The van der Waals surface area contributed by atoms with E-state index in [4.69, 9.17) is 0 Å². The molecule has 0 amide bonds. The van der Waals surface area contributed by atoms with Gasteiger partial charge in [-0.3, -0.25) is 4.98 Å². The summed E-state index contributed by atoms with van der Waals surface area (Å²) in [5, 5.41) is 7.02. The molecule has 11 heavy (non-hydrogen) atoms. The van der Waals surface area contributed by atoms with Crippen LogP contribution in [-0.2, 0) is 0 Å². The minimum atomic E-state index is 0.972. The summed E-state index contributed by atoms with van der Waals surface area (Å²) in [7, 11) is 0. The molecule has 0 unspecified atom stereocenters. The first-order chi connectivity index (χ1) is 5.34. The minimum Gasteiger partial charge on any atom is -0.264 e. The molecule has 0 bridgehead atoms. The molecule has 0 atom stereocenters. The zero-order valence-corrected chi connectivity index (χ0v) is 6.36. The third-order valence-corrected chi connectivity index (χ3v) is 1.36. The zero-order chi connectivity index (χ0) is 8.10. The number of hydrogen-bond acceptors (Lipinski definition) is 3. The highest BCUT2D eigenvalue weighted by atomic mass is 15.2. The average Bonchev–Trinajstić information content (AvgIpc) is 2.03. The largest absolute Gasteiger partial charge is 0.264 e. The van der Waals surface area contributed by atoms with Gasteiger partial charge in [0.2, 0.25) is 0 Å². The van der Waals surface area contributed by atoms with Gasteiger partial charge < -0.3 is 0 Å². The summed E-state index contributed by atoms with van der Waals surface area (Å²) >= 11 is 0. The van der Waals surface area contributed by atoms with Gasteiger partial charge in [-0.2, -0.15) is 10.2 Å². The Morgan fingerprint density at radius 3 is 3.09 bits per heavy atom. The van der Waals surface area contributed by atoms with Gasteiger partial charge in [-0.25, -0.2) is 0 Å². The molecule has 0 aromatic carbocycles. The molecule has 1 aromatic heterocycles. The van der Waals surface area contributed by atoms with Crippen molar-refractivity contribution in [1.82, 2.24) is 4.98 Å². The van der Waals surface area contributed by atoms with Crippen LogP contribution in [0.25, 0.3) is 0 Å². The van der Waals surface area contributed by atoms with Crippen LogP contribution in [0.3, 0.4) is 0 Å². The molecule has 1 heterocycles. The Balaban J connectivity index is 2.94. The highest BCUT2D eigenvalue weighted by Crippen LogP contribution is 2.00. The number of hydrogen-bond donors (Lipinski definition) is 0. The highest BCUT2D eigenvalue weighted by molar-refractivity contribution is 5.80. The van der Waals surface area contributed by atoms with Gasteiger partial charge in [0.1, 0.15) is 0 Å². The van der Waals surface area contributed by atoms with E-state index >= 15 is 0 Å². The molecule has 0 saturated heterocycles. The Kier molecular flexibility index (Phi) is 2.49. The molecule has 0 spiro atoms. The number of nitrogens with zero attached hydrogens (tertiary/aromatic N) is 3. The quantitative estimate of drug-likeness (QED) is 0.460. The second-order valence-corrected chi connectivity index (χ2v) is 2.12. The predicted molar refractivity (Wildman–Crippen MR) is 46.1 cm³/mol. The zero-order valence-electron chi connectivity index (χ0n) is 6.36. The van der Waals surface area contributed by atoms with E-state index in [2.05, 4.69) is 21.9 Å². The second-order valence-electron chi connectivity index (χ2n) is 2.12. The van der Waals surface area contributed by atoms with Crippen LogP contribution in [0.2, 0.25) is 0 Å². The summed E-state index contributed by atoms with van der Waals surface area (Å²) in [6.07, 6.45) is 5.12. The van der Waals surface area contributed by atoms with Crippen LogP contribution in [0.15, 0.2) is 28.7 Å². The maximum Gasteiger partial charge on any atom is 0.0585 e. The van der Waals surface area contributed by atoms with Gasteiger partial charge in [-0.15, -0.1) is 0 Å². The van der Waals surface area contributed by atoms with Crippen LogP contribution < -0.4 is 0 Å². The van der Waals surface area contributed by atoms with E-state index in [1.807, 2.05) is 13.0 Å². The van der Waals surface area contributed by atoms with Crippen molar-refractivity contribution in [2.24, 2.45) is 10.2 Å². The Morgan fingerprint density at radius 2 is 2.45 bits per heavy atom. The SMILES string of the molecule is C=N/N=C\c1cnccc1C. The second kappa shape index (κ2) is 3.61. The summed E-state index contributed by atoms with van der Waals surface area (Å²) in [5.74, 6) is 0. The first kappa shape index (κ1) is 7.60.